The predicted molar refractivity (Wildman–Crippen MR) is 81.3 cm³/mol. The van der Waals surface area contributed by atoms with Crippen LogP contribution in [0.5, 0.6) is 0 Å². The summed E-state index contributed by atoms with van der Waals surface area (Å²) in [7, 11) is 0. The first-order chi connectivity index (χ1) is 10.6. The number of aryl methyl sites for hydroxylation is 1. The van der Waals surface area contributed by atoms with E-state index in [4.69, 9.17) is 5.11 Å². The topological polar surface area (TPSA) is 75.4 Å². The van der Waals surface area contributed by atoms with Crippen molar-refractivity contribution < 1.29 is 14.7 Å². The molecule has 1 fully saturated rings. The van der Waals surface area contributed by atoms with Gasteiger partial charge in [0.1, 0.15) is 0 Å². The second kappa shape index (κ2) is 6.17. The van der Waals surface area contributed by atoms with Crippen molar-refractivity contribution in [2.45, 2.75) is 25.8 Å². The van der Waals surface area contributed by atoms with Crippen LogP contribution < -0.4 is 0 Å². The Bertz CT molecular complexity index is 695. The Labute approximate surface area is 128 Å². The molecule has 1 N–H and O–H groups in total. The molecule has 0 bridgehead atoms. The average Bonchev–Trinajstić information content (AvgIpc) is 2.96. The maximum absolute atomic E-state index is 12.3. The van der Waals surface area contributed by atoms with Gasteiger partial charge in [-0.2, -0.15) is 0 Å². The van der Waals surface area contributed by atoms with Crippen LogP contribution in [-0.2, 0) is 16.1 Å². The fraction of sp³-hybridized carbons (Fsp3) is 0.438. The van der Waals surface area contributed by atoms with Gasteiger partial charge in [0.2, 0.25) is 5.91 Å². The Morgan fingerprint density at radius 2 is 2.14 bits per heavy atom. The molecular weight excluding hydrogens is 282 g/mol. The maximum atomic E-state index is 12.3. The molecular formula is C16H19N3O3. The number of aromatic nitrogens is 2. The zero-order valence-electron chi connectivity index (χ0n) is 12.3. The lowest BCUT2D eigenvalue weighted by atomic mass is 9.98. The van der Waals surface area contributed by atoms with Crippen LogP contribution >= 0.6 is 0 Å². The van der Waals surface area contributed by atoms with E-state index < -0.39 is 11.9 Å². The number of imidazole rings is 1. The van der Waals surface area contributed by atoms with Gasteiger partial charge in [-0.3, -0.25) is 9.59 Å². The van der Waals surface area contributed by atoms with E-state index in [-0.39, 0.29) is 5.91 Å². The van der Waals surface area contributed by atoms with Crippen LogP contribution in [-0.4, -0.2) is 44.5 Å². The van der Waals surface area contributed by atoms with Gasteiger partial charge in [0.25, 0.3) is 0 Å². The molecule has 3 rings (SSSR count). The molecule has 1 amide bonds. The van der Waals surface area contributed by atoms with Gasteiger partial charge in [-0.25, -0.2) is 4.98 Å². The van der Waals surface area contributed by atoms with Crippen LogP contribution in [0.2, 0.25) is 0 Å². The van der Waals surface area contributed by atoms with E-state index >= 15 is 0 Å². The Kier molecular flexibility index (Phi) is 4.09. The summed E-state index contributed by atoms with van der Waals surface area (Å²) in [6.45, 7) is 1.56. The number of benzene rings is 1. The van der Waals surface area contributed by atoms with Crippen molar-refractivity contribution in [3.05, 3.63) is 30.6 Å². The summed E-state index contributed by atoms with van der Waals surface area (Å²) in [6, 6.07) is 7.80. The quantitative estimate of drug-likeness (QED) is 0.933. The number of amides is 1. The van der Waals surface area contributed by atoms with E-state index in [1.165, 1.54) is 0 Å². The van der Waals surface area contributed by atoms with Crippen molar-refractivity contribution in [3.63, 3.8) is 0 Å². The van der Waals surface area contributed by atoms with Crippen molar-refractivity contribution in [1.29, 1.82) is 0 Å². The fourth-order valence-electron chi connectivity index (χ4n) is 2.97. The van der Waals surface area contributed by atoms with Crippen LogP contribution in [0.4, 0.5) is 0 Å². The summed E-state index contributed by atoms with van der Waals surface area (Å²) in [5.41, 5.74) is 1.93. The molecule has 2 aromatic rings. The third-order valence-electron chi connectivity index (χ3n) is 4.22. The number of piperidine rings is 1. The maximum Gasteiger partial charge on any atom is 0.308 e. The van der Waals surface area contributed by atoms with Gasteiger partial charge in [0.15, 0.2) is 0 Å². The number of aliphatic carboxylic acids is 1. The number of para-hydroxylation sites is 2. The van der Waals surface area contributed by atoms with Crippen LogP contribution in [0.25, 0.3) is 11.0 Å². The standard InChI is InChI=1S/C16H19N3O3/c20-15(18-8-3-4-12(10-18)16(21)22)7-9-19-11-17-13-5-1-2-6-14(13)19/h1-2,5-6,11-12H,3-4,7-10H2,(H,21,22)/t12-/m1/s1. The minimum absolute atomic E-state index is 0.0173. The summed E-state index contributed by atoms with van der Waals surface area (Å²) in [6.07, 6.45) is 3.53. The lowest BCUT2D eigenvalue weighted by Crippen LogP contribution is -2.42. The normalized spacial score (nSPS) is 18.5. The van der Waals surface area contributed by atoms with Gasteiger partial charge in [0, 0.05) is 26.1 Å². The number of carbonyl (C=O) groups excluding carboxylic acids is 1. The molecule has 0 spiro atoms. The van der Waals surface area contributed by atoms with Crippen LogP contribution in [0, 0.1) is 5.92 Å². The number of hydrogen-bond donors (Lipinski definition) is 1. The lowest BCUT2D eigenvalue weighted by molar-refractivity contribution is -0.145. The van der Waals surface area contributed by atoms with E-state index in [9.17, 15) is 9.59 Å². The fourth-order valence-corrected chi connectivity index (χ4v) is 2.97. The molecule has 6 heteroatoms. The largest absolute Gasteiger partial charge is 0.481 e. The Morgan fingerprint density at radius 1 is 1.32 bits per heavy atom. The van der Waals surface area contributed by atoms with Gasteiger partial charge in [-0.05, 0) is 25.0 Å². The van der Waals surface area contributed by atoms with E-state index in [1.807, 2.05) is 28.8 Å². The van der Waals surface area contributed by atoms with Crippen LogP contribution in [0.1, 0.15) is 19.3 Å². The van der Waals surface area contributed by atoms with Crippen molar-refractivity contribution in [3.8, 4) is 0 Å². The summed E-state index contributed by atoms with van der Waals surface area (Å²) in [5.74, 6) is -1.21. The molecule has 116 valence electrons. The molecule has 0 saturated carbocycles. The molecule has 1 aliphatic rings. The second-order valence-corrected chi connectivity index (χ2v) is 5.69. The van der Waals surface area contributed by atoms with Crippen molar-refractivity contribution in [1.82, 2.24) is 14.5 Å². The molecule has 1 aromatic heterocycles. The minimum atomic E-state index is -0.807. The summed E-state index contributed by atoms with van der Waals surface area (Å²) < 4.78 is 1.96. The highest BCUT2D eigenvalue weighted by Gasteiger charge is 2.27. The molecule has 0 aliphatic carbocycles. The van der Waals surface area contributed by atoms with Gasteiger partial charge in [0.05, 0.1) is 23.3 Å². The smallest absolute Gasteiger partial charge is 0.308 e. The Hall–Kier alpha value is -2.37. The molecule has 22 heavy (non-hydrogen) atoms. The highest BCUT2D eigenvalue weighted by atomic mass is 16.4. The number of carbonyl (C=O) groups is 2. The van der Waals surface area contributed by atoms with E-state index in [0.29, 0.717) is 32.5 Å². The number of carboxylic acid groups (broad SMARTS) is 1. The Morgan fingerprint density at radius 3 is 2.95 bits per heavy atom. The van der Waals surface area contributed by atoms with Gasteiger partial charge >= 0.3 is 5.97 Å². The zero-order chi connectivity index (χ0) is 15.5. The first kappa shape index (κ1) is 14.6. The summed E-state index contributed by atoms with van der Waals surface area (Å²) in [4.78, 5) is 29.3. The van der Waals surface area contributed by atoms with Gasteiger partial charge in [-0.15, -0.1) is 0 Å². The zero-order valence-corrected chi connectivity index (χ0v) is 12.3. The number of fused-ring (bicyclic) bond motifs is 1. The monoisotopic (exact) mass is 301 g/mol. The van der Waals surface area contributed by atoms with Crippen LogP contribution in [0.3, 0.4) is 0 Å². The molecule has 6 nitrogen and oxygen atoms in total. The summed E-state index contributed by atoms with van der Waals surface area (Å²) in [5, 5.41) is 9.09. The van der Waals surface area contributed by atoms with Crippen molar-refractivity contribution in [2.75, 3.05) is 13.1 Å². The molecule has 1 saturated heterocycles. The number of nitrogens with zero attached hydrogens (tertiary/aromatic N) is 3. The van der Waals surface area contributed by atoms with Crippen LogP contribution in [0.15, 0.2) is 30.6 Å². The first-order valence-corrected chi connectivity index (χ1v) is 7.55. The SMILES string of the molecule is O=C(O)[C@@H]1CCCN(C(=O)CCn2cnc3ccccc32)C1. The number of hydrogen-bond acceptors (Lipinski definition) is 3. The molecule has 1 aliphatic heterocycles. The summed E-state index contributed by atoms with van der Waals surface area (Å²) >= 11 is 0. The third kappa shape index (κ3) is 2.95. The molecule has 1 atom stereocenters. The third-order valence-corrected chi connectivity index (χ3v) is 4.22. The van der Waals surface area contributed by atoms with Crippen molar-refractivity contribution >= 4 is 22.9 Å². The number of carboxylic acids is 1. The molecule has 0 radical (unpaired) electrons. The average molecular weight is 301 g/mol. The van der Waals surface area contributed by atoms with E-state index in [2.05, 4.69) is 4.98 Å². The lowest BCUT2D eigenvalue weighted by Gasteiger charge is -2.30. The van der Waals surface area contributed by atoms with Gasteiger partial charge in [-0.1, -0.05) is 12.1 Å². The first-order valence-electron chi connectivity index (χ1n) is 7.55. The number of rotatable bonds is 4. The highest BCUT2D eigenvalue weighted by Crippen LogP contribution is 2.18. The Balaban J connectivity index is 1.61. The van der Waals surface area contributed by atoms with E-state index in [1.54, 1.807) is 11.2 Å². The van der Waals surface area contributed by atoms with Crippen molar-refractivity contribution in [2.24, 2.45) is 5.92 Å². The molecule has 2 heterocycles. The second-order valence-electron chi connectivity index (χ2n) is 5.69. The highest BCUT2D eigenvalue weighted by molar-refractivity contribution is 5.79. The predicted octanol–water partition coefficient (Wildman–Crippen LogP) is 1.75. The van der Waals surface area contributed by atoms with E-state index in [0.717, 1.165) is 17.5 Å². The van der Waals surface area contributed by atoms with Gasteiger partial charge < -0.3 is 14.6 Å². The molecule has 0 unspecified atom stereocenters. The number of likely N-dealkylation sites (tertiary alicyclic amines) is 1. The molecule has 1 aromatic carbocycles. The minimum Gasteiger partial charge on any atom is -0.481 e.